The number of halogens is 2. The van der Waals surface area contributed by atoms with E-state index in [0.29, 0.717) is 34.5 Å². The highest BCUT2D eigenvalue weighted by molar-refractivity contribution is 7.92. The van der Waals surface area contributed by atoms with E-state index >= 15 is 0 Å². The molecule has 0 aliphatic heterocycles. The molecule has 8 nitrogen and oxygen atoms in total. The van der Waals surface area contributed by atoms with E-state index in [-0.39, 0.29) is 29.0 Å². The van der Waals surface area contributed by atoms with Gasteiger partial charge in [-0.3, -0.25) is 13.9 Å². The monoisotopic (exact) mass is 633 g/mol. The molecule has 2 amide bonds. The minimum atomic E-state index is -4.19. The lowest BCUT2D eigenvalue weighted by Gasteiger charge is -2.32. The topological polar surface area (TPSA) is 96.0 Å². The summed E-state index contributed by atoms with van der Waals surface area (Å²) in [6.45, 7) is 9.39. The summed E-state index contributed by atoms with van der Waals surface area (Å²) in [5.74, 6) is -0.235. The summed E-state index contributed by atoms with van der Waals surface area (Å²) in [6.07, 6.45) is 0. The molecular formula is C31H37Cl2N3O5S. The number of ether oxygens (including phenoxy) is 1. The zero-order chi connectivity index (χ0) is 31.0. The Bertz CT molecular complexity index is 1460. The molecule has 0 spiro atoms. The van der Waals surface area contributed by atoms with Gasteiger partial charge in [-0.1, -0.05) is 60.8 Å². The van der Waals surface area contributed by atoms with Crippen LogP contribution in [0.1, 0.15) is 38.8 Å². The molecule has 1 unspecified atom stereocenters. The van der Waals surface area contributed by atoms with Crippen LogP contribution in [-0.2, 0) is 26.2 Å². The Balaban J connectivity index is 2.05. The molecular weight excluding hydrogens is 597 g/mol. The third-order valence-electron chi connectivity index (χ3n) is 6.57. The van der Waals surface area contributed by atoms with Crippen LogP contribution in [0, 0.1) is 12.8 Å². The van der Waals surface area contributed by atoms with Crippen molar-refractivity contribution in [2.24, 2.45) is 5.92 Å². The molecule has 3 aromatic rings. The van der Waals surface area contributed by atoms with Gasteiger partial charge in [-0.05, 0) is 75.2 Å². The van der Waals surface area contributed by atoms with Crippen LogP contribution in [0.2, 0.25) is 10.0 Å². The molecule has 3 aromatic carbocycles. The molecule has 3 rings (SSSR count). The van der Waals surface area contributed by atoms with Gasteiger partial charge < -0.3 is 15.0 Å². The number of anilines is 1. The molecule has 0 heterocycles. The highest BCUT2D eigenvalue weighted by atomic mass is 35.5. The van der Waals surface area contributed by atoms with Gasteiger partial charge in [0.1, 0.15) is 18.3 Å². The fraction of sp³-hybridized carbons (Fsp3) is 0.355. The van der Waals surface area contributed by atoms with Crippen LogP contribution in [0.4, 0.5) is 5.69 Å². The number of amides is 2. The molecule has 0 radical (unpaired) electrons. The number of hydrogen-bond acceptors (Lipinski definition) is 5. The predicted octanol–water partition coefficient (Wildman–Crippen LogP) is 6.09. The van der Waals surface area contributed by atoms with Gasteiger partial charge >= 0.3 is 0 Å². The maximum absolute atomic E-state index is 14.1. The average Bonchev–Trinajstić information content (AvgIpc) is 2.95. The molecule has 1 atom stereocenters. The fourth-order valence-corrected chi connectivity index (χ4v) is 6.06. The van der Waals surface area contributed by atoms with E-state index in [1.54, 1.807) is 61.5 Å². The van der Waals surface area contributed by atoms with Crippen molar-refractivity contribution in [1.29, 1.82) is 0 Å². The number of nitrogens with one attached hydrogen (secondary N) is 1. The van der Waals surface area contributed by atoms with E-state index in [9.17, 15) is 18.0 Å². The maximum atomic E-state index is 14.1. The zero-order valence-corrected chi connectivity index (χ0v) is 26.8. The molecule has 0 bridgehead atoms. The number of carbonyl (C=O) groups excluding carboxylic acids is 2. The molecule has 11 heteroatoms. The predicted molar refractivity (Wildman–Crippen MR) is 168 cm³/mol. The largest absolute Gasteiger partial charge is 0.494 e. The first-order valence-corrected chi connectivity index (χ1v) is 15.9. The Hall–Kier alpha value is -3.27. The molecule has 226 valence electrons. The van der Waals surface area contributed by atoms with Crippen molar-refractivity contribution in [1.82, 2.24) is 10.2 Å². The minimum absolute atomic E-state index is 0.0261. The summed E-state index contributed by atoms with van der Waals surface area (Å²) in [6, 6.07) is 16.8. The van der Waals surface area contributed by atoms with Crippen LogP contribution in [0.3, 0.4) is 0 Å². The summed E-state index contributed by atoms with van der Waals surface area (Å²) >= 11 is 12.9. The van der Waals surface area contributed by atoms with Crippen molar-refractivity contribution in [3.05, 3.63) is 87.9 Å². The van der Waals surface area contributed by atoms with Gasteiger partial charge in [0.05, 0.1) is 17.2 Å². The van der Waals surface area contributed by atoms with Gasteiger partial charge in [-0.25, -0.2) is 8.42 Å². The number of nitrogens with zero attached hydrogens (tertiary/aromatic N) is 2. The lowest BCUT2D eigenvalue weighted by molar-refractivity contribution is -0.139. The van der Waals surface area contributed by atoms with Crippen molar-refractivity contribution < 1.29 is 22.7 Å². The summed E-state index contributed by atoms with van der Waals surface area (Å²) < 4.78 is 34.5. The van der Waals surface area contributed by atoms with Crippen LogP contribution in [0.5, 0.6) is 5.75 Å². The molecule has 0 saturated heterocycles. The minimum Gasteiger partial charge on any atom is -0.494 e. The van der Waals surface area contributed by atoms with Crippen molar-refractivity contribution in [2.45, 2.75) is 52.1 Å². The fourth-order valence-electron chi connectivity index (χ4n) is 4.13. The van der Waals surface area contributed by atoms with Crippen molar-refractivity contribution >= 4 is 50.7 Å². The van der Waals surface area contributed by atoms with Crippen molar-refractivity contribution in [2.75, 3.05) is 24.0 Å². The number of rotatable bonds is 13. The van der Waals surface area contributed by atoms with E-state index < -0.39 is 28.5 Å². The first-order chi connectivity index (χ1) is 19.8. The Morgan fingerprint density at radius 1 is 0.929 bits per heavy atom. The Morgan fingerprint density at radius 3 is 2.07 bits per heavy atom. The SMILES string of the molecule is CCOc1ccc(N(CC(=O)N(Cc2c(Cl)cccc2Cl)C(C)C(=O)NCC(C)C)S(=O)(=O)c2ccc(C)cc2)cc1. The third kappa shape index (κ3) is 8.40. The number of benzene rings is 3. The quantitative estimate of drug-likeness (QED) is 0.246. The van der Waals surface area contributed by atoms with Gasteiger partial charge in [0, 0.05) is 28.7 Å². The van der Waals surface area contributed by atoms with Crippen molar-refractivity contribution in [3.63, 3.8) is 0 Å². The summed E-state index contributed by atoms with van der Waals surface area (Å²) in [4.78, 5) is 28.5. The van der Waals surface area contributed by atoms with Crippen LogP contribution in [0.25, 0.3) is 0 Å². The van der Waals surface area contributed by atoms with E-state index in [2.05, 4.69) is 5.32 Å². The second-order valence-corrected chi connectivity index (χ2v) is 13.0. The Kier molecular flexibility index (Phi) is 11.7. The summed E-state index contributed by atoms with van der Waals surface area (Å²) in [5.41, 5.74) is 1.60. The van der Waals surface area contributed by atoms with Gasteiger partial charge in [-0.15, -0.1) is 0 Å². The number of aryl methyl sites for hydroxylation is 1. The third-order valence-corrected chi connectivity index (χ3v) is 9.06. The van der Waals surface area contributed by atoms with Gasteiger partial charge in [0.15, 0.2) is 0 Å². The Labute approximate surface area is 258 Å². The smallest absolute Gasteiger partial charge is 0.264 e. The van der Waals surface area contributed by atoms with Crippen LogP contribution in [-0.4, -0.2) is 50.9 Å². The molecule has 1 N–H and O–H groups in total. The summed E-state index contributed by atoms with van der Waals surface area (Å²) in [7, 11) is -4.19. The molecule has 0 aromatic heterocycles. The number of hydrogen-bond donors (Lipinski definition) is 1. The highest BCUT2D eigenvalue weighted by Gasteiger charge is 2.33. The summed E-state index contributed by atoms with van der Waals surface area (Å²) in [5, 5.41) is 3.50. The lowest BCUT2D eigenvalue weighted by Crippen LogP contribution is -2.51. The van der Waals surface area contributed by atoms with E-state index in [0.717, 1.165) is 9.87 Å². The van der Waals surface area contributed by atoms with Gasteiger partial charge in [0.25, 0.3) is 10.0 Å². The van der Waals surface area contributed by atoms with Gasteiger partial charge in [0.2, 0.25) is 11.8 Å². The lowest BCUT2D eigenvalue weighted by atomic mass is 10.1. The maximum Gasteiger partial charge on any atom is 0.264 e. The zero-order valence-electron chi connectivity index (χ0n) is 24.4. The standard InChI is InChI=1S/C31H37Cl2N3O5S/c1-6-41-25-14-12-24(13-15-25)36(42(39,40)26-16-10-22(4)11-17-26)20-30(37)35(23(5)31(38)34-18-21(2)3)19-27-28(32)8-7-9-29(27)33/h7-17,21,23H,6,18-20H2,1-5H3,(H,34,38). The van der Waals surface area contributed by atoms with E-state index in [1.165, 1.54) is 17.0 Å². The second-order valence-electron chi connectivity index (χ2n) is 10.3. The molecule has 0 aliphatic carbocycles. The molecule has 42 heavy (non-hydrogen) atoms. The van der Waals surface area contributed by atoms with Gasteiger partial charge in [-0.2, -0.15) is 0 Å². The van der Waals surface area contributed by atoms with Crippen LogP contribution < -0.4 is 14.4 Å². The van der Waals surface area contributed by atoms with Crippen molar-refractivity contribution in [3.8, 4) is 5.75 Å². The molecule has 0 saturated carbocycles. The van der Waals surface area contributed by atoms with E-state index in [4.69, 9.17) is 27.9 Å². The normalized spacial score (nSPS) is 12.1. The average molecular weight is 635 g/mol. The Morgan fingerprint density at radius 2 is 1.52 bits per heavy atom. The highest BCUT2D eigenvalue weighted by Crippen LogP contribution is 2.29. The first-order valence-electron chi connectivity index (χ1n) is 13.7. The number of sulfonamides is 1. The molecule has 0 aliphatic rings. The molecule has 0 fully saturated rings. The first kappa shape index (κ1) is 33.2. The second kappa shape index (κ2) is 14.8. The van der Waals surface area contributed by atoms with Crippen LogP contribution in [0.15, 0.2) is 71.6 Å². The van der Waals surface area contributed by atoms with Crippen LogP contribution >= 0.6 is 23.2 Å². The number of carbonyl (C=O) groups is 2. The van der Waals surface area contributed by atoms with E-state index in [1.807, 2.05) is 27.7 Å².